The van der Waals surface area contributed by atoms with Crippen LogP contribution in [0.15, 0.2) is 24.4 Å². The molecule has 0 amide bonds. The summed E-state index contributed by atoms with van der Waals surface area (Å²) >= 11 is 0. The van der Waals surface area contributed by atoms with E-state index in [2.05, 4.69) is 40.6 Å². The van der Waals surface area contributed by atoms with Crippen LogP contribution in [0.5, 0.6) is 5.75 Å². The fraction of sp³-hybridized carbons (Fsp3) is 0.467. The summed E-state index contributed by atoms with van der Waals surface area (Å²) in [6.45, 7) is 3.29. The van der Waals surface area contributed by atoms with E-state index in [0.717, 1.165) is 37.3 Å². The van der Waals surface area contributed by atoms with Gasteiger partial charge in [-0.2, -0.15) is 0 Å². The summed E-state index contributed by atoms with van der Waals surface area (Å²) in [4.78, 5) is 5.79. The number of methoxy groups -OCH3 is 1. The van der Waals surface area contributed by atoms with Gasteiger partial charge in [0.15, 0.2) is 0 Å². The molecule has 1 aromatic carbocycles. The van der Waals surface area contributed by atoms with Gasteiger partial charge in [0, 0.05) is 48.8 Å². The maximum Gasteiger partial charge on any atom is 0.120 e. The van der Waals surface area contributed by atoms with E-state index in [9.17, 15) is 0 Å². The molecule has 1 saturated heterocycles. The molecule has 102 valence electrons. The standard InChI is InChI=1S/C15H21N3O/c1-18-6-5-16-10-12(18)7-11-9-17-15-8-13(19-2)3-4-14(11)15/h3-4,8-9,12,16-17H,5-7,10H2,1-2H3. The van der Waals surface area contributed by atoms with E-state index in [1.165, 1.54) is 10.9 Å². The molecule has 1 aliphatic heterocycles. The van der Waals surface area contributed by atoms with Crippen LogP contribution in [0.2, 0.25) is 0 Å². The monoisotopic (exact) mass is 259 g/mol. The largest absolute Gasteiger partial charge is 0.497 e. The lowest BCUT2D eigenvalue weighted by molar-refractivity contribution is 0.199. The number of aromatic nitrogens is 1. The maximum atomic E-state index is 5.26. The number of nitrogens with zero attached hydrogens (tertiary/aromatic N) is 1. The van der Waals surface area contributed by atoms with E-state index in [-0.39, 0.29) is 0 Å². The van der Waals surface area contributed by atoms with Gasteiger partial charge in [-0.1, -0.05) is 0 Å². The van der Waals surface area contributed by atoms with Crippen molar-refractivity contribution in [2.45, 2.75) is 12.5 Å². The van der Waals surface area contributed by atoms with Crippen LogP contribution in [0, 0.1) is 0 Å². The number of ether oxygens (including phenoxy) is 1. The number of fused-ring (bicyclic) bond motifs is 1. The highest BCUT2D eigenvalue weighted by molar-refractivity contribution is 5.84. The Bertz CT molecular complexity index is 564. The number of H-pyrrole nitrogens is 1. The van der Waals surface area contributed by atoms with Crippen molar-refractivity contribution in [2.75, 3.05) is 33.8 Å². The van der Waals surface area contributed by atoms with E-state index in [4.69, 9.17) is 4.74 Å². The second kappa shape index (κ2) is 5.23. The quantitative estimate of drug-likeness (QED) is 0.880. The van der Waals surface area contributed by atoms with Crippen molar-refractivity contribution in [1.82, 2.24) is 15.2 Å². The van der Waals surface area contributed by atoms with Gasteiger partial charge < -0.3 is 19.9 Å². The second-order valence-corrected chi connectivity index (χ2v) is 5.27. The van der Waals surface area contributed by atoms with Gasteiger partial charge in [-0.25, -0.2) is 0 Å². The first-order valence-corrected chi connectivity index (χ1v) is 6.83. The highest BCUT2D eigenvalue weighted by Gasteiger charge is 2.20. The minimum absolute atomic E-state index is 0.579. The second-order valence-electron chi connectivity index (χ2n) is 5.27. The number of aromatic amines is 1. The van der Waals surface area contributed by atoms with Crippen LogP contribution < -0.4 is 10.1 Å². The van der Waals surface area contributed by atoms with Crippen molar-refractivity contribution in [3.63, 3.8) is 0 Å². The van der Waals surface area contributed by atoms with Crippen molar-refractivity contribution in [3.05, 3.63) is 30.0 Å². The molecule has 0 radical (unpaired) electrons. The van der Waals surface area contributed by atoms with Crippen molar-refractivity contribution in [1.29, 1.82) is 0 Å². The summed E-state index contributed by atoms with van der Waals surface area (Å²) in [5, 5.41) is 4.78. The molecule has 0 spiro atoms. The smallest absolute Gasteiger partial charge is 0.120 e. The lowest BCUT2D eigenvalue weighted by atomic mass is 10.0. The summed E-state index contributed by atoms with van der Waals surface area (Å²) in [6, 6.07) is 6.82. The topological polar surface area (TPSA) is 40.3 Å². The van der Waals surface area contributed by atoms with Crippen LogP contribution in [0.3, 0.4) is 0 Å². The van der Waals surface area contributed by atoms with Crippen LogP contribution in [0.25, 0.3) is 10.9 Å². The number of piperazine rings is 1. The minimum atomic E-state index is 0.579. The Hall–Kier alpha value is -1.52. The minimum Gasteiger partial charge on any atom is -0.497 e. The molecule has 1 fully saturated rings. The Balaban J connectivity index is 1.84. The lowest BCUT2D eigenvalue weighted by Gasteiger charge is -2.33. The van der Waals surface area contributed by atoms with Gasteiger partial charge >= 0.3 is 0 Å². The van der Waals surface area contributed by atoms with Gasteiger partial charge in [0.05, 0.1) is 7.11 Å². The number of rotatable bonds is 3. The van der Waals surface area contributed by atoms with Crippen molar-refractivity contribution in [2.24, 2.45) is 0 Å². The Morgan fingerprint density at radius 2 is 2.32 bits per heavy atom. The van der Waals surface area contributed by atoms with Crippen LogP contribution in [-0.4, -0.2) is 49.7 Å². The fourth-order valence-electron chi connectivity index (χ4n) is 2.81. The molecule has 0 bridgehead atoms. The zero-order valence-corrected chi connectivity index (χ0v) is 11.6. The highest BCUT2D eigenvalue weighted by Crippen LogP contribution is 2.24. The molecule has 2 N–H and O–H groups in total. The zero-order chi connectivity index (χ0) is 13.2. The molecule has 2 aromatic rings. The van der Waals surface area contributed by atoms with Gasteiger partial charge in [-0.05, 0) is 31.2 Å². The third-order valence-corrected chi connectivity index (χ3v) is 4.07. The molecule has 2 heterocycles. The zero-order valence-electron chi connectivity index (χ0n) is 11.6. The molecular formula is C15H21N3O. The molecule has 1 aliphatic rings. The van der Waals surface area contributed by atoms with Gasteiger partial charge in [0.25, 0.3) is 0 Å². The van der Waals surface area contributed by atoms with E-state index in [1.54, 1.807) is 7.11 Å². The van der Waals surface area contributed by atoms with Gasteiger partial charge in [-0.15, -0.1) is 0 Å². The van der Waals surface area contributed by atoms with Crippen molar-refractivity contribution >= 4 is 10.9 Å². The lowest BCUT2D eigenvalue weighted by Crippen LogP contribution is -2.50. The predicted molar refractivity (Wildman–Crippen MR) is 77.8 cm³/mol. The number of hydrogen-bond donors (Lipinski definition) is 2. The third kappa shape index (κ3) is 2.46. The third-order valence-electron chi connectivity index (χ3n) is 4.07. The van der Waals surface area contributed by atoms with Crippen LogP contribution >= 0.6 is 0 Å². The number of nitrogens with one attached hydrogen (secondary N) is 2. The van der Waals surface area contributed by atoms with Gasteiger partial charge in [0.2, 0.25) is 0 Å². The van der Waals surface area contributed by atoms with E-state index in [0.29, 0.717) is 6.04 Å². The molecule has 0 saturated carbocycles. The average molecular weight is 259 g/mol. The summed E-state index contributed by atoms with van der Waals surface area (Å²) in [5.41, 5.74) is 2.54. The normalized spacial score (nSPS) is 20.8. The van der Waals surface area contributed by atoms with Crippen LogP contribution in [-0.2, 0) is 6.42 Å². The molecule has 3 rings (SSSR count). The molecule has 19 heavy (non-hydrogen) atoms. The van der Waals surface area contributed by atoms with Crippen LogP contribution in [0.4, 0.5) is 0 Å². The average Bonchev–Trinajstić information content (AvgIpc) is 2.83. The fourth-order valence-corrected chi connectivity index (χ4v) is 2.81. The molecular weight excluding hydrogens is 238 g/mol. The summed E-state index contributed by atoms with van der Waals surface area (Å²) in [5.74, 6) is 0.900. The maximum absolute atomic E-state index is 5.26. The summed E-state index contributed by atoms with van der Waals surface area (Å²) in [6.07, 6.45) is 3.21. The summed E-state index contributed by atoms with van der Waals surface area (Å²) in [7, 11) is 3.91. The highest BCUT2D eigenvalue weighted by atomic mass is 16.5. The Kier molecular flexibility index (Phi) is 3.44. The first-order chi connectivity index (χ1) is 9.28. The summed E-state index contributed by atoms with van der Waals surface area (Å²) < 4.78 is 5.26. The SMILES string of the molecule is COc1ccc2c(CC3CNCCN3C)c[nH]c2c1. The number of benzene rings is 1. The predicted octanol–water partition coefficient (Wildman–Crippen LogP) is 1.62. The molecule has 4 nitrogen and oxygen atoms in total. The molecule has 1 unspecified atom stereocenters. The Labute approximate surface area is 113 Å². The first kappa shape index (κ1) is 12.5. The van der Waals surface area contributed by atoms with Crippen molar-refractivity contribution < 1.29 is 4.74 Å². The van der Waals surface area contributed by atoms with E-state index >= 15 is 0 Å². The van der Waals surface area contributed by atoms with Gasteiger partial charge in [-0.3, -0.25) is 0 Å². The van der Waals surface area contributed by atoms with Gasteiger partial charge in [0.1, 0.15) is 5.75 Å². The molecule has 0 aliphatic carbocycles. The Morgan fingerprint density at radius 1 is 1.42 bits per heavy atom. The Morgan fingerprint density at radius 3 is 3.11 bits per heavy atom. The van der Waals surface area contributed by atoms with Crippen LogP contribution in [0.1, 0.15) is 5.56 Å². The van der Waals surface area contributed by atoms with Crippen molar-refractivity contribution in [3.8, 4) is 5.75 Å². The number of likely N-dealkylation sites (N-methyl/N-ethyl adjacent to an activating group) is 1. The number of hydrogen-bond acceptors (Lipinski definition) is 3. The molecule has 1 aromatic heterocycles. The van der Waals surface area contributed by atoms with E-state index < -0.39 is 0 Å². The molecule has 4 heteroatoms. The first-order valence-electron chi connectivity index (χ1n) is 6.83. The van der Waals surface area contributed by atoms with E-state index in [1.807, 2.05) is 6.07 Å². The molecule has 1 atom stereocenters.